The Morgan fingerprint density at radius 1 is 0.268 bits per heavy atom. The van der Waals surface area contributed by atoms with Gasteiger partial charge in [0.25, 0.3) is 0 Å². The van der Waals surface area contributed by atoms with Crippen LogP contribution in [0, 0.1) is 0 Å². The third-order valence-electron chi connectivity index (χ3n) is 15.3. The first-order valence-electron chi connectivity index (χ1n) is 24.7. The fourth-order valence-corrected chi connectivity index (χ4v) is 11.8. The highest BCUT2D eigenvalue weighted by atomic mass is 15.1. The topological polar surface area (TPSA) is 6.48 Å². The second-order valence-corrected chi connectivity index (χ2v) is 19.7. The number of para-hydroxylation sites is 2. The average Bonchev–Trinajstić information content (AvgIpc) is 3.65. The van der Waals surface area contributed by atoms with Crippen molar-refractivity contribution in [3.8, 4) is 33.4 Å². The van der Waals surface area contributed by atoms with Crippen LogP contribution in [-0.4, -0.2) is 0 Å². The van der Waals surface area contributed by atoms with Crippen molar-refractivity contribution >= 4 is 88.0 Å². The number of rotatable bonds is 8. The summed E-state index contributed by atoms with van der Waals surface area (Å²) in [5, 5.41) is 12.6. The summed E-state index contributed by atoms with van der Waals surface area (Å²) >= 11 is 0. The summed E-state index contributed by atoms with van der Waals surface area (Å²) in [6.07, 6.45) is 0. The van der Waals surface area contributed by atoms with Crippen LogP contribution in [-0.2, 0) is 5.41 Å². The molecule has 0 saturated carbocycles. The zero-order valence-corrected chi connectivity index (χ0v) is 39.6. The monoisotopic (exact) mass is 904 g/mol. The highest BCUT2D eigenvalue weighted by molar-refractivity contribution is 6.28. The van der Waals surface area contributed by atoms with Crippen molar-refractivity contribution in [2.45, 2.75) is 19.3 Å². The molecule has 13 aromatic rings. The fraction of sp³-hybridized carbons (Fsp3) is 0.0435. The van der Waals surface area contributed by atoms with Gasteiger partial charge in [-0.25, -0.2) is 0 Å². The van der Waals surface area contributed by atoms with Crippen molar-refractivity contribution in [3.63, 3.8) is 0 Å². The molecule has 0 bridgehead atoms. The zero-order chi connectivity index (χ0) is 47.2. The van der Waals surface area contributed by atoms with E-state index in [1.54, 1.807) is 0 Å². The van der Waals surface area contributed by atoms with Crippen molar-refractivity contribution in [2.75, 3.05) is 9.80 Å². The van der Waals surface area contributed by atoms with E-state index >= 15 is 0 Å². The normalized spacial score (nSPS) is 12.8. The molecule has 0 radical (unpaired) electrons. The van der Waals surface area contributed by atoms with Crippen molar-refractivity contribution < 1.29 is 0 Å². The summed E-state index contributed by atoms with van der Waals surface area (Å²) < 4.78 is 0. The Hall–Kier alpha value is -8.98. The van der Waals surface area contributed by atoms with E-state index in [9.17, 15) is 0 Å². The minimum absolute atomic E-state index is 0.198. The lowest BCUT2D eigenvalue weighted by molar-refractivity contribution is 0.661. The average molecular weight is 905 g/mol. The summed E-state index contributed by atoms with van der Waals surface area (Å²) in [4.78, 5) is 4.77. The molecule has 0 aliphatic heterocycles. The van der Waals surface area contributed by atoms with Crippen LogP contribution in [0.2, 0.25) is 0 Å². The van der Waals surface area contributed by atoms with Crippen LogP contribution < -0.4 is 9.80 Å². The molecule has 71 heavy (non-hydrogen) atoms. The van der Waals surface area contributed by atoms with Gasteiger partial charge in [0.05, 0.1) is 5.69 Å². The van der Waals surface area contributed by atoms with Crippen LogP contribution in [0.25, 0.3) is 87.2 Å². The lowest BCUT2D eigenvalue weighted by atomic mass is 9.80. The maximum atomic E-state index is 2.47. The molecule has 0 N–H and O–H groups in total. The van der Waals surface area contributed by atoms with Crippen molar-refractivity contribution in [3.05, 3.63) is 266 Å². The first-order chi connectivity index (χ1) is 34.9. The van der Waals surface area contributed by atoms with E-state index in [1.807, 2.05) is 0 Å². The molecule has 14 rings (SSSR count). The summed E-state index contributed by atoms with van der Waals surface area (Å²) in [7, 11) is 0. The molecular weight excluding hydrogens is 857 g/mol. The molecule has 334 valence electrons. The van der Waals surface area contributed by atoms with E-state index in [4.69, 9.17) is 0 Å². The second kappa shape index (κ2) is 16.1. The summed E-state index contributed by atoms with van der Waals surface area (Å²) in [6, 6.07) is 94.2. The Labute approximate surface area is 414 Å². The lowest BCUT2D eigenvalue weighted by Gasteiger charge is -2.27. The van der Waals surface area contributed by atoms with Crippen LogP contribution >= 0.6 is 0 Å². The van der Waals surface area contributed by atoms with Crippen LogP contribution in [0.4, 0.5) is 34.1 Å². The van der Waals surface area contributed by atoms with E-state index in [2.05, 4.69) is 278 Å². The molecule has 0 amide bonds. The van der Waals surface area contributed by atoms with E-state index in [1.165, 1.54) is 104 Å². The Morgan fingerprint density at radius 3 is 1.30 bits per heavy atom. The minimum atomic E-state index is -0.198. The molecule has 1 aliphatic rings. The predicted molar refractivity (Wildman–Crippen MR) is 303 cm³/mol. The number of hydrogen-bond donors (Lipinski definition) is 0. The van der Waals surface area contributed by atoms with Gasteiger partial charge in [-0.3, -0.25) is 0 Å². The molecule has 0 spiro atoms. The quantitative estimate of drug-likeness (QED) is 0.140. The number of fused-ring (bicyclic) bond motifs is 5. The predicted octanol–water partition coefficient (Wildman–Crippen LogP) is 19.5. The van der Waals surface area contributed by atoms with Gasteiger partial charge in [-0.2, -0.15) is 0 Å². The smallest absolute Gasteiger partial charge is 0.0540 e. The Bertz CT molecular complexity index is 4070. The van der Waals surface area contributed by atoms with Crippen LogP contribution in [0.1, 0.15) is 25.0 Å². The van der Waals surface area contributed by atoms with Gasteiger partial charge in [-0.15, -0.1) is 0 Å². The third kappa shape index (κ3) is 6.63. The Morgan fingerprint density at radius 2 is 0.690 bits per heavy atom. The maximum Gasteiger partial charge on any atom is 0.0540 e. The molecular formula is C69H48N2. The van der Waals surface area contributed by atoms with Crippen LogP contribution in [0.15, 0.2) is 255 Å². The fourth-order valence-electron chi connectivity index (χ4n) is 11.8. The van der Waals surface area contributed by atoms with Gasteiger partial charge in [0.1, 0.15) is 0 Å². The summed E-state index contributed by atoms with van der Waals surface area (Å²) in [5.74, 6) is 0. The Kier molecular flexibility index (Phi) is 9.28. The minimum Gasteiger partial charge on any atom is -0.310 e. The molecule has 13 aromatic carbocycles. The molecule has 0 saturated heterocycles. The van der Waals surface area contributed by atoms with Gasteiger partial charge in [0.2, 0.25) is 0 Å². The number of anilines is 6. The van der Waals surface area contributed by atoms with Gasteiger partial charge in [-0.1, -0.05) is 190 Å². The van der Waals surface area contributed by atoms with E-state index in [-0.39, 0.29) is 5.41 Å². The molecule has 1 aliphatic carbocycles. The molecule has 2 heteroatoms. The summed E-state index contributed by atoms with van der Waals surface area (Å²) in [6.45, 7) is 4.80. The summed E-state index contributed by atoms with van der Waals surface area (Å²) in [5.41, 5.74) is 16.9. The lowest BCUT2D eigenvalue weighted by Crippen LogP contribution is -2.15. The molecule has 0 atom stereocenters. The highest BCUT2D eigenvalue weighted by Gasteiger charge is 2.36. The van der Waals surface area contributed by atoms with Gasteiger partial charge < -0.3 is 9.80 Å². The zero-order valence-electron chi connectivity index (χ0n) is 39.6. The molecule has 2 nitrogen and oxygen atoms in total. The van der Waals surface area contributed by atoms with E-state index < -0.39 is 0 Å². The Balaban J connectivity index is 0.821. The first kappa shape index (κ1) is 41.0. The number of nitrogens with zero attached hydrogens (tertiary/aromatic N) is 2. The maximum absolute atomic E-state index is 2.47. The van der Waals surface area contributed by atoms with E-state index in [0.717, 1.165) is 28.4 Å². The van der Waals surface area contributed by atoms with Gasteiger partial charge in [0, 0.05) is 39.2 Å². The van der Waals surface area contributed by atoms with Crippen molar-refractivity contribution in [2.24, 2.45) is 0 Å². The number of hydrogen-bond acceptors (Lipinski definition) is 2. The highest BCUT2D eigenvalue weighted by Crippen LogP contribution is 2.52. The van der Waals surface area contributed by atoms with Gasteiger partial charge in [0.15, 0.2) is 0 Å². The first-order valence-corrected chi connectivity index (χ1v) is 24.7. The van der Waals surface area contributed by atoms with Crippen molar-refractivity contribution in [1.29, 1.82) is 0 Å². The second-order valence-electron chi connectivity index (χ2n) is 19.7. The molecule has 0 unspecified atom stereocenters. The van der Waals surface area contributed by atoms with E-state index in [0.29, 0.717) is 0 Å². The SMILES string of the molecule is CC1(C)c2cc(-c3ccc(N(c4ccc5ccccc5c4)c4ccc5ccccc5c4)cc3)ccc2-c2ccc(-c3ccc4ccc5c(N(c6ccccc6)c6ccccc6)ccc6ccc3c4c65)cc21. The third-order valence-corrected chi connectivity index (χ3v) is 15.3. The van der Waals surface area contributed by atoms with Gasteiger partial charge >= 0.3 is 0 Å². The van der Waals surface area contributed by atoms with Crippen molar-refractivity contribution in [1.82, 2.24) is 0 Å². The van der Waals surface area contributed by atoms with Crippen LogP contribution in [0.3, 0.4) is 0 Å². The molecule has 0 heterocycles. The van der Waals surface area contributed by atoms with Gasteiger partial charge in [-0.05, 0) is 172 Å². The largest absolute Gasteiger partial charge is 0.310 e. The number of benzene rings is 13. The molecule has 0 fully saturated rings. The molecule has 0 aromatic heterocycles. The van der Waals surface area contributed by atoms with Crippen LogP contribution in [0.5, 0.6) is 0 Å². The standard InChI is InChI=1S/C69H48N2/c1-69(2)64-43-52(47-21-31-56(32-22-47)70(57-33-23-45-13-9-11-15-50(45)41-57)58-34-24-46-14-10-12-16-51(46)42-58)28-36-60(64)61-37-29-53(44-65(61)69)59-35-25-48-27-39-63-66(40-30-49-26-38-62(59)67(48)68(49)63)71(54-17-5-3-6-18-54)55-19-7-4-8-20-55/h3-44H,1-2H3.